The highest BCUT2D eigenvalue weighted by molar-refractivity contribution is 5.21. The van der Waals surface area contributed by atoms with Crippen LogP contribution in [-0.2, 0) is 5.41 Å². The SMILES string of the molecule is CC(C)c1ccc(C2CC2)nn1.CC(C)c1cccnn1.CC(C)c1ccnnc1.COc1cnnc(C(C)C)c1.Cc1cc(C(C)C)cnn1.Cc1ccc(C(C)C)nn1.Cc1cnnc(C(C)C)c1.Cc1nccc(C(C)(C)C)n1. The molecule has 9 rings (SSSR count). The van der Waals surface area contributed by atoms with Crippen LogP contribution in [0.2, 0.25) is 0 Å². The van der Waals surface area contributed by atoms with Gasteiger partial charge in [0.1, 0.15) is 11.6 Å². The first-order valence-corrected chi connectivity index (χ1v) is 28.6. The number of aromatic nitrogens is 16. The molecule has 0 saturated heterocycles. The number of methoxy groups -OCH3 is 1. The molecule has 0 radical (unpaired) electrons. The predicted molar refractivity (Wildman–Crippen MR) is 331 cm³/mol. The van der Waals surface area contributed by atoms with Crippen molar-refractivity contribution in [1.29, 1.82) is 0 Å². The van der Waals surface area contributed by atoms with E-state index in [4.69, 9.17) is 4.74 Å². The summed E-state index contributed by atoms with van der Waals surface area (Å²) >= 11 is 0. The van der Waals surface area contributed by atoms with E-state index < -0.39 is 0 Å². The van der Waals surface area contributed by atoms with Gasteiger partial charge in [-0.15, -0.1) is 0 Å². The van der Waals surface area contributed by atoms with Gasteiger partial charge in [0.25, 0.3) is 0 Å². The van der Waals surface area contributed by atoms with Crippen molar-refractivity contribution >= 4 is 0 Å². The molecular formula is C65H96N16O. The highest BCUT2D eigenvalue weighted by Crippen LogP contribution is 2.38. The summed E-state index contributed by atoms with van der Waals surface area (Å²) in [4.78, 5) is 8.38. The average molecular weight is 1120 g/mol. The highest BCUT2D eigenvalue weighted by atomic mass is 16.5. The Morgan fingerprint density at radius 1 is 0.427 bits per heavy atom. The number of hydrogen-bond donors (Lipinski definition) is 0. The van der Waals surface area contributed by atoms with Gasteiger partial charge >= 0.3 is 0 Å². The third-order valence-corrected chi connectivity index (χ3v) is 12.0. The lowest BCUT2D eigenvalue weighted by molar-refractivity contribution is 0.410. The second-order valence-corrected chi connectivity index (χ2v) is 23.2. The molecule has 17 nitrogen and oxygen atoms in total. The fourth-order valence-electron chi connectivity index (χ4n) is 6.45. The van der Waals surface area contributed by atoms with Gasteiger partial charge in [-0.05, 0) is 159 Å². The van der Waals surface area contributed by atoms with Gasteiger partial charge in [0.15, 0.2) is 0 Å². The summed E-state index contributed by atoms with van der Waals surface area (Å²) in [6.07, 6.45) is 14.8. The van der Waals surface area contributed by atoms with Gasteiger partial charge in [0.05, 0.1) is 77.4 Å². The lowest BCUT2D eigenvalue weighted by Gasteiger charge is -2.16. The van der Waals surface area contributed by atoms with E-state index in [2.05, 4.69) is 223 Å². The summed E-state index contributed by atoms with van der Waals surface area (Å²) in [6, 6.07) is 22.1. The van der Waals surface area contributed by atoms with E-state index in [1.807, 2.05) is 82.6 Å². The second kappa shape index (κ2) is 37.5. The molecule has 1 fully saturated rings. The van der Waals surface area contributed by atoms with Crippen LogP contribution < -0.4 is 4.74 Å². The van der Waals surface area contributed by atoms with E-state index in [-0.39, 0.29) is 5.41 Å². The summed E-state index contributed by atoms with van der Waals surface area (Å²) in [7, 11) is 1.63. The Balaban J connectivity index is 0.000000321. The number of hydrogen-bond acceptors (Lipinski definition) is 17. The van der Waals surface area contributed by atoms with Crippen molar-refractivity contribution in [2.75, 3.05) is 7.11 Å². The first-order chi connectivity index (χ1) is 38.7. The predicted octanol–water partition coefficient (Wildman–Crippen LogP) is 15.1. The molecule has 0 spiro atoms. The van der Waals surface area contributed by atoms with Gasteiger partial charge in [-0.2, -0.15) is 71.4 Å². The summed E-state index contributed by atoms with van der Waals surface area (Å²) in [5, 5.41) is 54.8. The van der Waals surface area contributed by atoms with Crippen molar-refractivity contribution in [3.05, 3.63) is 184 Å². The van der Waals surface area contributed by atoms with Gasteiger partial charge in [0, 0.05) is 41.7 Å². The van der Waals surface area contributed by atoms with E-state index in [9.17, 15) is 0 Å². The summed E-state index contributed by atoms with van der Waals surface area (Å²) in [5.41, 5.74) is 13.3. The number of rotatable bonds is 9. The fourth-order valence-corrected chi connectivity index (χ4v) is 6.45. The Morgan fingerprint density at radius 2 is 0.963 bits per heavy atom. The zero-order valence-corrected chi connectivity index (χ0v) is 53.5. The minimum absolute atomic E-state index is 0.133. The van der Waals surface area contributed by atoms with Gasteiger partial charge in [0.2, 0.25) is 0 Å². The Bertz CT molecular complexity index is 2810. The maximum Gasteiger partial charge on any atom is 0.140 e. The zero-order valence-electron chi connectivity index (χ0n) is 53.5. The molecule has 0 aliphatic heterocycles. The standard InChI is InChI=1S/C10H14N2.C9H14N2.C8H12N2O.3C8H12N2.2C7H10N2/c1-7(2)9-5-6-10(12-11-9)8-3-4-8;1-7-10-6-5-8(11-7)9(2,3)4;1-6(2)8-4-7(11-3)5-9-10-8;1-6(2)8-4-7(3)10-9-5-8;1-6(2)8-4-7(3)5-9-10-8;1-6(2)8-5-4-7(3)9-10-8;1-6(2)7-3-4-8-9-5-7;1-6(2)7-4-3-5-8-9-7/h5-8H,3-4H2,1-2H3;5-6H,1-4H3;4-6H,1-3H3;3*4-6H,1-3H3;2*3-6H,1-2H3. The number of aryl methyl sites for hydroxylation is 4. The lowest BCUT2D eigenvalue weighted by atomic mass is 9.92. The molecule has 8 heterocycles. The summed E-state index contributed by atoms with van der Waals surface area (Å²) in [6.45, 7) is 43.9. The molecule has 1 aliphatic rings. The van der Waals surface area contributed by atoms with E-state index in [1.54, 1.807) is 38.1 Å². The molecule has 0 amide bonds. The van der Waals surface area contributed by atoms with Crippen molar-refractivity contribution in [3.8, 4) is 5.75 Å². The van der Waals surface area contributed by atoms with Crippen LogP contribution in [0.1, 0.15) is 252 Å². The monoisotopic (exact) mass is 1120 g/mol. The van der Waals surface area contributed by atoms with E-state index in [0.717, 1.165) is 63.0 Å². The van der Waals surface area contributed by atoms with Gasteiger partial charge < -0.3 is 4.74 Å². The molecule has 0 N–H and O–H groups in total. The lowest BCUT2D eigenvalue weighted by Crippen LogP contribution is -2.14. The Hall–Kier alpha value is -7.56. The minimum Gasteiger partial charge on any atom is -0.495 e. The molecule has 0 unspecified atom stereocenters. The zero-order chi connectivity index (χ0) is 61.4. The van der Waals surface area contributed by atoms with Gasteiger partial charge in [-0.1, -0.05) is 118 Å². The topological polar surface area (TPSA) is 215 Å². The second-order valence-electron chi connectivity index (χ2n) is 23.2. The molecular weight excluding hydrogens is 1020 g/mol. The number of nitrogens with zero attached hydrogens (tertiary/aromatic N) is 16. The maximum absolute atomic E-state index is 5.00. The number of ether oxygens (including phenoxy) is 1. The molecule has 82 heavy (non-hydrogen) atoms. The van der Waals surface area contributed by atoms with E-state index in [0.29, 0.717) is 41.4 Å². The van der Waals surface area contributed by atoms with Gasteiger partial charge in [-0.25, -0.2) is 9.97 Å². The highest BCUT2D eigenvalue weighted by Gasteiger charge is 2.25. The Labute approximate surface area is 491 Å². The first kappa shape index (κ1) is 70.5. The van der Waals surface area contributed by atoms with Crippen molar-refractivity contribution in [2.45, 2.75) is 211 Å². The first-order valence-electron chi connectivity index (χ1n) is 28.6. The van der Waals surface area contributed by atoms with Crippen molar-refractivity contribution in [1.82, 2.24) is 81.3 Å². The van der Waals surface area contributed by atoms with E-state index in [1.165, 1.54) is 35.2 Å². The van der Waals surface area contributed by atoms with Crippen LogP contribution in [-0.4, -0.2) is 88.5 Å². The largest absolute Gasteiger partial charge is 0.495 e. The molecule has 8 aromatic rings. The fraction of sp³-hybridized carbons (Fsp3) is 0.508. The van der Waals surface area contributed by atoms with Crippen molar-refractivity contribution in [3.63, 3.8) is 0 Å². The quantitative estimate of drug-likeness (QED) is 0.131. The van der Waals surface area contributed by atoms with E-state index >= 15 is 0 Å². The third-order valence-electron chi connectivity index (χ3n) is 12.0. The molecule has 17 heteroatoms. The molecule has 8 aromatic heterocycles. The van der Waals surface area contributed by atoms with Crippen LogP contribution in [0.15, 0.2) is 110 Å². The molecule has 1 aliphatic carbocycles. The van der Waals surface area contributed by atoms with Crippen LogP contribution in [0.5, 0.6) is 5.75 Å². The van der Waals surface area contributed by atoms with Crippen LogP contribution in [0.4, 0.5) is 0 Å². The summed E-state index contributed by atoms with van der Waals surface area (Å²) in [5.74, 6) is 5.78. The average Bonchev–Trinajstić information content (AvgIpc) is 4.32. The normalized spacial score (nSPS) is 11.4. The Morgan fingerprint density at radius 3 is 1.34 bits per heavy atom. The van der Waals surface area contributed by atoms with Crippen LogP contribution in [0.25, 0.3) is 0 Å². The molecule has 0 bridgehead atoms. The smallest absolute Gasteiger partial charge is 0.140 e. The maximum atomic E-state index is 5.00. The Kier molecular flexibility index (Phi) is 32.2. The third kappa shape index (κ3) is 29.8. The summed E-state index contributed by atoms with van der Waals surface area (Å²) < 4.78 is 5.00. The van der Waals surface area contributed by atoms with Crippen LogP contribution in [0, 0.1) is 27.7 Å². The molecule has 0 atom stereocenters. The van der Waals surface area contributed by atoms with Gasteiger partial charge in [-0.3, -0.25) is 0 Å². The van der Waals surface area contributed by atoms with Crippen molar-refractivity contribution in [2.24, 2.45) is 0 Å². The molecule has 0 aromatic carbocycles. The minimum atomic E-state index is 0.133. The molecule has 1 saturated carbocycles. The molecule has 442 valence electrons. The van der Waals surface area contributed by atoms with Crippen molar-refractivity contribution < 1.29 is 4.74 Å². The van der Waals surface area contributed by atoms with Crippen LogP contribution >= 0.6 is 0 Å². The van der Waals surface area contributed by atoms with Crippen LogP contribution in [0.3, 0.4) is 0 Å².